The highest BCUT2D eigenvalue weighted by atomic mass is 15.2. The zero-order valence-electron chi connectivity index (χ0n) is 12.0. The molecule has 2 heterocycles. The van der Waals surface area contributed by atoms with Gasteiger partial charge < -0.3 is 10.3 Å². The molecule has 0 saturated carbocycles. The quantitative estimate of drug-likeness (QED) is 0.786. The highest BCUT2D eigenvalue weighted by Crippen LogP contribution is 2.27. The predicted octanol–water partition coefficient (Wildman–Crippen LogP) is 3.60. The van der Waals surface area contributed by atoms with E-state index < -0.39 is 0 Å². The summed E-state index contributed by atoms with van der Waals surface area (Å²) >= 11 is 0. The van der Waals surface area contributed by atoms with Gasteiger partial charge in [0.15, 0.2) is 0 Å². The molecule has 3 rings (SSSR count). The first-order valence-electron chi connectivity index (χ1n) is 7.24. The van der Waals surface area contributed by atoms with Crippen LogP contribution in [-0.4, -0.2) is 14.5 Å². The Morgan fingerprint density at radius 2 is 1.90 bits per heavy atom. The molecule has 3 aromatic rings. The normalized spacial score (nSPS) is 11.8. The fourth-order valence-electron chi connectivity index (χ4n) is 2.77. The number of anilines is 1. The van der Waals surface area contributed by atoms with Crippen LogP contribution >= 0.6 is 0 Å². The summed E-state index contributed by atoms with van der Waals surface area (Å²) in [6, 6.07) is 8.16. The maximum atomic E-state index is 6.13. The molecule has 0 aliphatic carbocycles. The van der Waals surface area contributed by atoms with Gasteiger partial charge >= 0.3 is 0 Å². The molecule has 4 heteroatoms. The van der Waals surface area contributed by atoms with Crippen LogP contribution in [0.15, 0.2) is 30.5 Å². The van der Waals surface area contributed by atoms with Crippen LogP contribution in [0.3, 0.4) is 0 Å². The van der Waals surface area contributed by atoms with Gasteiger partial charge in [-0.15, -0.1) is 0 Å². The van der Waals surface area contributed by atoms with Gasteiger partial charge in [0.2, 0.25) is 5.95 Å². The van der Waals surface area contributed by atoms with E-state index in [1.54, 1.807) is 0 Å². The minimum absolute atomic E-state index is 0.588. The zero-order chi connectivity index (χ0) is 14.1. The summed E-state index contributed by atoms with van der Waals surface area (Å²) in [6.45, 7) is 5.37. The van der Waals surface area contributed by atoms with E-state index in [2.05, 4.69) is 34.4 Å². The molecule has 1 aromatic carbocycles. The summed E-state index contributed by atoms with van der Waals surface area (Å²) in [4.78, 5) is 8.91. The fourth-order valence-corrected chi connectivity index (χ4v) is 2.77. The average molecular weight is 268 g/mol. The minimum Gasteiger partial charge on any atom is -0.369 e. The van der Waals surface area contributed by atoms with Crippen molar-refractivity contribution in [3.63, 3.8) is 0 Å². The van der Waals surface area contributed by atoms with Gasteiger partial charge in [-0.3, -0.25) is 4.98 Å². The molecule has 0 aliphatic rings. The third kappa shape index (κ3) is 2.01. The van der Waals surface area contributed by atoms with Crippen molar-refractivity contribution in [1.82, 2.24) is 14.5 Å². The molecule has 0 radical (unpaired) electrons. The number of benzene rings is 1. The first-order chi connectivity index (χ1) is 9.74. The topological polar surface area (TPSA) is 56.7 Å². The molecule has 2 N–H and O–H groups in total. The van der Waals surface area contributed by atoms with E-state index in [1.165, 1.54) is 0 Å². The lowest BCUT2D eigenvalue weighted by atomic mass is 10.0. The van der Waals surface area contributed by atoms with E-state index in [0.717, 1.165) is 41.3 Å². The number of nitrogens with zero attached hydrogens (tertiary/aromatic N) is 3. The lowest BCUT2D eigenvalue weighted by molar-refractivity contribution is 0.427. The maximum Gasteiger partial charge on any atom is 0.201 e. The number of aromatic nitrogens is 3. The Labute approximate surface area is 118 Å². The van der Waals surface area contributed by atoms with Gasteiger partial charge in [0.25, 0.3) is 0 Å². The maximum absolute atomic E-state index is 6.13. The van der Waals surface area contributed by atoms with Gasteiger partial charge in [0.05, 0.1) is 17.2 Å². The largest absolute Gasteiger partial charge is 0.369 e. The van der Waals surface area contributed by atoms with E-state index in [-0.39, 0.29) is 0 Å². The molecule has 0 spiro atoms. The zero-order valence-corrected chi connectivity index (χ0v) is 12.0. The molecule has 104 valence electrons. The van der Waals surface area contributed by atoms with Crippen molar-refractivity contribution in [3.8, 4) is 0 Å². The molecule has 20 heavy (non-hydrogen) atoms. The van der Waals surface area contributed by atoms with Crippen LogP contribution in [0.1, 0.15) is 26.7 Å². The summed E-state index contributed by atoms with van der Waals surface area (Å²) in [5, 5.41) is 1.13. The monoisotopic (exact) mass is 268 g/mol. The average Bonchev–Trinajstić information content (AvgIpc) is 2.80. The first-order valence-corrected chi connectivity index (χ1v) is 7.24. The smallest absolute Gasteiger partial charge is 0.201 e. The van der Waals surface area contributed by atoms with Crippen LogP contribution in [0, 0.1) is 5.92 Å². The van der Waals surface area contributed by atoms with Crippen molar-refractivity contribution in [2.45, 2.75) is 33.2 Å². The summed E-state index contributed by atoms with van der Waals surface area (Å²) in [5.41, 5.74) is 9.11. The fraction of sp³-hybridized carbons (Fsp3) is 0.375. The summed E-state index contributed by atoms with van der Waals surface area (Å²) in [7, 11) is 0. The van der Waals surface area contributed by atoms with Crippen LogP contribution in [0.4, 0.5) is 5.95 Å². The van der Waals surface area contributed by atoms with Crippen LogP contribution in [0.5, 0.6) is 0 Å². The van der Waals surface area contributed by atoms with Crippen molar-refractivity contribution in [2.24, 2.45) is 5.92 Å². The van der Waals surface area contributed by atoms with Gasteiger partial charge in [0.1, 0.15) is 5.52 Å². The molecule has 0 amide bonds. The minimum atomic E-state index is 0.588. The third-order valence-corrected chi connectivity index (χ3v) is 4.10. The number of hydrogen-bond acceptors (Lipinski definition) is 3. The van der Waals surface area contributed by atoms with Gasteiger partial charge in [-0.05, 0) is 12.0 Å². The van der Waals surface area contributed by atoms with Crippen LogP contribution in [0.2, 0.25) is 0 Å². The molecular formula is C16H20N4. The van der Waals surface area contributed by atoms with Gasteiger partial charge in [-0.1, -0.05) is 44.9 Å². The lowest BCUT2D eigenvalue weighted by Crippen LogP contribution is -2.11. The van der Waals surface area contributed by atoms with E-state index in [0.29, 0.717) is 11.9 Å². The number of pyridine rings is 1. The molecule has 2 aromatic heterocycles. The number of para-hydroxylation sites is 1. The van der Waals surface area contributed by atoms with E-state index in [9.17, 15) is 0 Å². The van der Waals surface area contributed by atoms with Crippen molar-refractivity contribution in [1.29, 1.82) is 0 Å². The van der Waals surface area contributed by atoms with Crippen molar-refractivity contribution < 1.29 is 0 Å². The molecule has 0 bridgehead atoms. The van der Waals surface area contributed by atoms with Gasteiger partial charge in [0, 0.05) is 11.9 Å². The number of nitrogen functional groups attached to an aromatic ring is 1. The molecule has 0 aliphatic heterocycles. The highest BCUT2D eigenvalue weighted by Gasteiger charge is 2.14. The van der Waals surface area contributed by atoms with Crippen molar-refractivity contribution in [2.75, 3.05) is 5.73 Å². The molecule has 0 unspecified atom stereocenters. The Balaban J connectivity index is 2.24. The van der Waals surface area contributed by atoms with Gasteiger partial charge in [-0.25, -0.2) is 4.98 Å². The Hall–Kier alpha value is -2.10. The van der Waals surface area contributed by atoms with Crippen LogP contribution in [0.25, 0.3) is 21.9 Å². The summed E-state index contributed by atoms with van der Waals surface area (Å²) in [6.07, 6.45) is 4.12. The second-order valence-electron chi connectivity index (χ2n) is 5.27. The molecule has 4 nitrogen and oxygen atoms in total. The number of imidazole rings is 1. The molecule has 0 fully saturated rings. The lowest BCUT2D eigenvalue weighted by Gasteiger charge is -2.15. The molecule has 0 atom stereocenters. The van der Waals surface area contributed by atoms with E-state index in [4.69, 9.17) is 5.73 Å². The van der Waals surface area contributed by atoms with Crippen molar-refractivity contribution >= 4 is 27.9 Å². The first kappa shape index (κ1) is 12.9. The Kier molecular flexibility index (Phi) is 3.30. The van der Waals surface area contributed by atoms with Crippen molar-refractivity contribution in [3.05, 3.63) is 30.5 Å². The Morgan fingerprint density at radius 3 is 2.65 bits per heavy atom. The molecule has 0 saturated heterocycles. The van der Waals surface area contributed by atoms with Gasteiger partial charge in [-0.2, -0.15) is 0 Å². The van der Waals surface area contributed by atoms with E-state index in [1.807, 2.05) is 24.4 Å². The number of nitrogens with two attached hydrogens (primary N) is 1. The standard InChI is InChI=1S/C16H20N4/c1-3-11(4-2)10-20-15-12-7-5-6-8-13(12)18-9-14(15)19-16(20)17/h5-9,11H,3-4,10H2,1-2H3,(H2,17,19). The Morgan fingerprint density at radius 1 is 1.15 bits per heavy atom. The highest BCUT2D eigenvalue weighted by molar-refractivity contribution is 6.02. The number of rotatable bonds is 4. The number of fused-ring (bicyclic) bond motifs is 3. The molecular weight excluding hydrogens is 248 g/mol. The van der Waals surface area contributed by atoms with Crippen LogP contribution in [-0.2, 0) is 6.54 Å². The second kappa shape index (κ2) is 5.12. The second-order valence-corrected chi connectivity index (χ2v) is 5.27. The SMILES string of the molecule is CCC(CC)Cn1c(N)nc2cnc3ccccc3c21. The third-order valence-electron chi connectivity index (χ3n) is 4.10. The summed E-state index contributed by atoms with van der Waals surface area (Å²) in [5.74, 6) is 1.21. The van der Waals surface area contributed by atoms with E-state index >= 15 is 0 Å². The number of hydrogen-bond donors (Lipinski definition) is 1. The predicted molar refractivity (Wildman–Crippen MR) is 83.5 cm³/mol. The summed E-state index contributed by atoms with van der Waals surface area (Å²) < 4.78 is 2.15. The Bertz CT molecular complexity index is 741. The van der Waals surface area contributed by atoms with Crippen LogP contribution < -0.4 is 5.73 Å².